The first-order valence-corrected chi connectivity index (χ1v) is 6.70. The second-order valence-corrected chi connectivity index (χ2v) is 4.71. The van der Waals surface area contributed by atoms with Crippen molar-refractivity contribution in [2.24, 2.45) is 5.73 Å². The molecule has 2 N–H and O–H groups in total. The molecule has 0 fully saturated rings. The van der Waals surface area contributed by atoms with Crippen molar-refractivity contribution in [3.8, 4) is 11.1 Å². The first kappa shape index (κ1) is 16.3. The second-order valence-electron chi connectivity index (χ2n) is 4.71. The van der Waals surface area contributed by atoms with Crippen LogP contribution in [0.4, 0.5) is 0 Å². The summed E-state index contributed by atoms with van der Waals surface area (Å²) in [5.74, 6) is -0.342. The van der Waals surface area contributed by atoms with E-state index in [4.69, 9.17) is 5.73 Å². The van der Waals surface area contributed by atoms with E-state index in [0.29, 0.717) is 5.56 Å². The van der Waals surface area contributed by atoms with Crippen LogP contribution < -0.4 is 5.73 Å². The molecule has 0 aliphatic heterocycles. The van der Waals surface area contributed by atoms with Crippen LogP contribution in [0, 0.1) is 0 Å². The van der Waals surface area contributed by atoms with Crippen molar-refractivity contribution in [1.82, 2.24) is 0 Å². The minimum Gasteiger partial charge on any atom is -0.366 e. The molecule has 0 spiro atoms. The Kier molecular flexibility index (Phi) is 6.26. The van der Waals surface area contributed by atoms with Gasteiger partial charge in [0, 0.05) is 5.56 Å². The van der Waals surface area contributed by atoms with Gasteiger partial charge in [-0.25, -0.2) is 0 Å². The molecule has 3 heteroatoms. The van der Waals surface area contributed by atoms with Crippen LogP contribution >= 0.6 is 12.4 Å². The Morgan fingerprint density at radius 3 is 2.35 bits per heavy atom. The highest BCUT2D eigenvalue weighted by Gasteiger charge is 2.09. The van der Waals surface area contributed by atoms with Gasteiger partial charge in [-0.2, -0.15) is 0 Å². The molecule has 0 heterocycles. The third-order valence-corrected chi connectivity index (χ3v) is 3.28. The summed E-state index contributed by atoms with van der Waals surface area (Å²) in [7, 11) is 0. The fraction of sp³-hybridized carbons (Fsp3) is 0.235. The zero-order valence-corrected chi connectivity index (χ0v) is 12.5. The van der Waals surface area contributed by atoms with Gasteiger partial charge in [0.25, 0.3) is 0 Å². The summed E-state index contributed by atoms with van der Waals surface area (Å²) in [5.41, 5.74) is 9.43. The average Bonchev–Trinajstić information content (AvgIpc) is 2.45. The Morgan fingerprint density at radius 2 is 1.75 bits per heavy atom. The van der Waals surface area contributed by atoms with Crippen molar-refractivity contribution in [3.63, 3.8) is 0 Å². The van der Waals surface area contributed by atoms with E-state index < -0.39 is 0 Å². The Morgan fingerprint density at radius 1 is 1.05 bits per heavy atom. The number of primary amides is 1. The van der Waals surface area contributed by atoms with Crippen LogP contribution in [0.25, 0.3) is 11.1 Å². The number of rotatable bonds is 5. The Bertz CT molecular complexity index is 566. The minimum atomic E-state index is -0.342. The quantitative estimate of drug-likeness (QED) is 0.880. The predicted octanol–water partition coefficient (Wildman–Crippen LogP) is 4.22. The molecule has 0 saturated carbocycles. The van der Waals surface area contributed by atoms with Crippen molar-refractivity contribution in [3.05, 3.63) is 59.7 Å². The molecule has 0 radical (unpaired) electrons. The molecule has 2 aromatic rings. The van der Waals surface area contributed by atoms with E-state index in [0.717, 1.165) is 36.0 Å². The van der Waals surface area contributed by atoms with Gasteiger partial charge in [0.05, 0.1) is 0 Å². The highest BCUT2D eigenvalue weighted by atomic mass is 35.5. The van der Waals surface area contributed by atoms with Crippen molar-refractivity contribution in [1.29, 1.82) is 0 Å². The maximum Gasteiger partial charge on any atom is 0.248 e. The number of aryl methyl sites for hydroxylation is 1. The summed E-state index contributed by atoms with van der Waals surface area (Å²) >= 11 is 0. The van der Waals surface area contributed by atoms with E-state index in [9.17, 15) is 4.79 Å². The van der Waals surface area contributed by atoms with Crippen LogP contribution in [0.5, 0.6) is 0 Å². The average molecular weight is 290 g/mol. The van der Waals surface area contributed by atoms with Gasteiger partial charge in [-0.15, -0.1) is 12.4 Å². The van der Waals surface area contributed by atoms with Crippen molar-refractivity contribution in [2.45, 2.75) is 26.2 Å². The molecule has 0 saturated heterocycles. The molecule has 0 atom stereocenters. The normalized spacial score (nSPS) is 9.85. The zero-order valence-electron chi connectivity index (χ0n) is 11.6. The summed E-state index contributed by atoms with van der Waals surface area (Å²) in [6.45, 7) is 2.14. The summed E-state index contributed by atoms with van der Waals surface area (Å²) in [6, 6.07) is 16.1. The van der Waals surface area contributed by atoms with Crippen LogP contribution in [-0.4, -0.2) is 5.91 Å². The Hall–Kier alpha value is -1.80. The summed E-state index contributed by atoms with van der Waals surface area (Å²) < 4.78 is 0. The lowest BCUT2D eigenvalue weighted by atomic mass is 9.96. The second kappa shape index (κ2) is 7.71. The Balaban J connectivity index is 0.00000200. The van der Waals surface area contributed by atoms with Crippen molar-refractivity contribution < 1.29 is 4.79 Å². The molecule has 0 aliphatic carbocycles. The first-order valence-electron chi connectivity index (χ1n) is 6.70. The van der Waals surface area contributed by atoms with Crippen LogP contribution in [0.3, 0.4) is 0 Å². The fourth-order valence-corrected chi connectivity index (χ4v) is 2.22. The van der Waals surface area contributed by atoms with Gasteiger partial charge in [0.15, 0.2) is 0 Å². The maximum absolute atomic E-state index is 11.5. The van der Waals surface area contributed by atoms with Crippen molar-refractivity contribution in [2.75, 3.05) is 0 Å². The van der Waals surface area contributed by atoms with Gasteiger partial charge < -0.3 is 5.73 Å². The number of nitrogens with two attached hydrogens (primary N) is 1. The largest absolute Gasteiger partial charge is 0.366 e. The monoisotopic (exact) mass is 289 g/mol. The minimum absolute atomic E-state index is 0. The lowest BCUT2D eigenvalue weighted by Gasteiger charge is -2.09. The van der Waals surface area contributed by atoms with Crippen molar-refractivity contribution >= 4 is 18.3 Å². The first-order chi connectivity index (χ1) is 9.22. The smallest absolute Gasteiger partial charge is 0.248 e. The van der Waals surface area contributed by atoms with Gasteiger partial charge in [-0.05, 0) is 35.6 Å². The summed E-state index contributed by atoms with van der Waals surface area (Å²) in [4.78, 5) is 11.5. The van der Waals surface area contributed by atoms with Gasteiger partial charge in [-0.1, -0.05) is 55.8 Å². The van der Waals surface area contributed by atoms with Gasteiger partial charge in [0.1, 0.15) is 0 Å². The maximum atomic E-state index is 11.5. The molecule has 0 bridgehead atoms. The lowest BCUT2D eigenvalue weighted by Crippen LogP contribution is -2.13. The molecule has 20 heavy (non-hydrogen) atoms. The standard InChI is InChI=1S/C17H19NO.ClH/c1-2-3-7-15-12-14(10-11-16(15)17(18)19)13-8-5-4-6-9-13;/h4-6,8-12H,2-3,7H2,1H3,(H2,18,19);1H. The molecule has 2 rings (SSSR count). The van der Waals surface area contributed by atoms with Gasteiger partial charge in [0.2, 0.25) is 5.91 Å². The predicted molar refractivity (Wildman–Crippen MR) is 86.3 cm³/mol. The van der Waals surface area contributed by atoms with Crippen LogP contribution in [-0.2, 0) is 6.42 Å². The number of amides is 1. The number of halogens is 1. The van der Waals surface area contributed by atoms with Crippen LogP contribution in [0.2, 0.25) is 0 Å². The highest BCUT2D eigenvalue weighted by Crippen LogP contribution is 2.23. The van der Waals surface area contributed by atoms with Gasteiger partial charge in [-0.3, -0.25) is 4.79 Å². The number of hydrogen-bond donors (Lipinski definition) is 1. The van der Waals surface area contributed by atoms with Gasteiger partial charge >= 0.3 is 0 Å². The molecule has 0 unspecified atom stereocenters. The number of benzene rings is 2. The molecule has 2 aromatic carbocycles. The summed E-state index contributed by atoms with van der Waals surface area (Å²) in [5, 5.41) is 0. The van der Waals surface area contributed by atoms with Crippen LogP contribution in [0.1, 0.15) is 35.7 Å². The highest BCUT2D eigenvalue weighted by molar-refractivity contribution is 5.95. The molecule has 1 amide bonds. The Labute approximate surface area is 126 Å². The SMILES string of the molecule is CCCCc1cc(-c2ccccc2)ccc1C(N)=O.Cl. The zero-order chi connectivity index (χ0) is 13.7. The van der Waals surface area contributed by atoms with Crippen LogP contribution in [0.15, 0.2) is 48.5 Å². The summed E-state index contributed by atoms with van der Waals surface area (Å²) in [6.07, 6.45) is 3.07. The van der Waals surface area contributed by atoms with E-state index in [1.807, 2.05) is 30.3 Å². The van der Waals surface area contributed by atoms with E-state index in [-0.39, 0.29) is 18.3 Å². The van der Waals surface area contributed by atoms with E-state index >= 15 is 0 Å². The fourth-order valence-electron chi connectivity index (χ4n) is 2.22. The molecule has 2 nitrogen and oxygen atoms in total. The van der Waals surface area contributed by atoms with E-state index in [1.165, 1.54) is 0 Å². The number of carbonyl (C=O) groups excluding carboxylic acids is 1. The molecule has 0 aliphatic rings. The molecular formula is C17H20ClNO. The number of unbranched alkanes of at least 4 members (excludes halogenated alkanes) is 1. The molecule has 106 valence electrons. The lowest BCUT2D eigenvalue weighted by molar-refractivity contribution is 0.0999. The van der Waals surface area contributed by atoms with E-state index in [1.54, 1.807) is 0 Å². The topological polar surface area (TPSA) is 43.1 Å². The van der Waals surface area contributed by atoms with E-state index in [2.05, 4.69) is 25.1 Å². The third kappa shape index (κ3) is 3.84. The molecular weight excluding hydrogens is 270 g/mol. The number of hydrogen-bond acceptors (Lipinski definition) is 1. The molecule has 0 aromatic heterocycles. The number of carbonyl (C=O) groups is 1. The third-order valence-electron chi connectivity index (χ3n) is 3.28.